The van der Waals surface area contributed by atoms with Crippen LogP contribution < -0.4 is 20.1 Å². The standard InChI is InChI=1S/C19H22N2O4S/c1-23-11-12-25-17-6-4-3-5-16(17)18(22)21-19(26)20-13-14-7-9-15(24-2)10-8-14/h3-10H,11-13H2,1-2H3,(H2,20,21,22,26). The van der Waals surface area contributed by atoms with Crippen LogP contribution in [-0.2, 0) is 11.3 Å². The fourth-order valence-corrected chi connectivity index (χ4v) is 2.32. The Labute approximate surface area is 158 Å². The summed E-state index contributed by atoms with van der Waals surface area (Å²) in [6, 6.07) is 14.6. The largest absolute Gasteiger partial charge is 0.497 e. The number of methoxy groups -OCH3 is 2. The Kier molecular flexibility index (Phi) is 7.85. The van der Waals surface area contributed by atoms with Crippen molar-refractivity contribution in [2.75, 3.05) is 27.4 Å². The summed E-state index contributed by atoms with van der Waals surface area (Å²) in [4.78, 5) is 12.4. The van der Waals surface area contributed by atoms with Crippen molar-refractivity contribution in [1.29, 1.82) is 0 Å². The predicted octanol–water partition coefficient (Wildman–Crippen LogP) is 2.52. The third kappa shape index (κ3) is 6.02. The van der Waals surface area contributed by atoms with Gasteiger partial charge in [-0.25, -0.2) is 0 Å². The number of rotatable bonds is 8. The predicted molar refractivity (Wildman–Crippen MR) is 104 cm³/mol. The molecule has 2 N–H and O–H groups in total. The molecule has 6 nitrogen and oxygen atoms in total. The van der Waals surface area contributed by atoms with E-state index in [4.69, 9.17) is 26.4 Å². The van der Waals surface area contributed by atoms with E-state index in [1.165, 1.54) is 0 Å². The Balaban J connectivity index is 1.89. The number of nitrogens with one attached hydrogen (secondary N) is 2. The van der Waals surface area contributed by atoms with Gasteiger partial charge in [0.15, 0.2) is 5.11 Å². The molecule has 0 aliphatic heterocycles. The highest BCUT2D eigenvalue weighted by atomic mass is 32.1. The van der Waals surface area contributed by atoms with E-state index in [1.807, 2.05) is 24.3 Å². The summed E-state index contributed by atoms with van der Waals surface area (Å²) in [5.41, 5.74) is 1.43. The van der Waals surface area contributed by atoms with Gasteiger partial charge in [-0.1, -0.05) is 24.3 Å². The lowest BCUT2D eigenvalue weighted by atomic mass is 10.2. The smallest absolute Gasteiger partial charge is 0.261 e. The molecule has 0 atom stereocenters. The van der Waals surface area contributed by atoms with Crippen molar-refractivity contribution in [3.05, 3.63) is 59.7 Å². The second-order valence-electron chi connectivity index (χ2n) is 5.32. The van der Waals surface area contributed by atoms with Gasteiger partial charge in [-0.3, -0.25) is 10.1 Å². The first-order chi connectivity index (χ1) is 12.6. The van der Waals surface area contributed by atoms with Gasteiger partial charge in [-0.2, -0.15) is 0 Å². The zero-order valence-corrected chi connectivity index (χ0v) is 15.6. The van der Waals surface area contributed by atoms with Crippen molar-refractivity contribution in [1.82, 2.24) is 10.6 Å². The molecule has 138 valence electrons. The first-order valence-electron chi connectivity index (χ1n) is 8.07. The summed E-state index contributed by atoms with van der Waals surface area (Å²) in [5.74, 6) is 0.944. The lowest BCUT2D eigenvalue weighted by Crippen LogP contribution is -2.39. The van der Waals surface area contributed by atoms with E-state index >= 15 is 0 Å². The highest BCUT2D eigenvalue weighted by Crippen LogP contribution is 2.17. The molecule has 0 aromatic heterocycles. The van der Waals surface area contributed by atoms with E-state index in [1.54, 1.807) is 38.5 Å². The minimum absolute atomic E-state index is 0.248. The van der Waals surface area contributed by atoms with Crippen LogP contribution in [0.3, 0.4) is 0 Å². The fraction of sp³-hybridized carbons (Fsp3) is 0.263. The van der Waals surface area contributed by atoms with Crippen molar-refractivity contribution >= 4 is 23.2 Å². The maximum absolute atomic E-state index is 12.4. The van der Waals surface area contributed by atoms with Gasteiger partial charge in [0.25, 0.3) is 5.91 Å². The van der Waals surface area contributed by atoms with Gasteiger partial charge >= 0.3 is 0 Å². The normalized spacial score (nSPS) is 10.1. The van der Waals surface area contributed by atoms with Crippen LogP contribution in [0.2, 0.25) is 0 Å². The lowest BCUT2D eigenvalue weighted by Gasteiger charge is -2.13. The van der Waals surface area contributed by atoms with E-state index in [9.17, 15) is 4.79 Å². The number of carbonyl (C=O) groups excluding carboxylic acids is 1. The molecule has 0 saturated carbocycles. The number of amides is 1. The Morgan fingerprint density at radius 1 is 1.04 bits per heavy atom. The first-order valence-corrected chi connectivity index (χ1v) is 8.47. The molecule has 2 rings (SSSR count). The van der Waals surface area contributed by atoms with Crippen molar-refractivity contribution in [2.45, 2.75) is 6.54 Å². The van der Waals surface area contributed by atoms with Gasteiger partial charge in [-0.05, 0) is 42.0 Å². The number of ether oxygens (including phenoxy) is 3. The Bertz CT molecular complexity index is 735. The van der Waals surface area contributed by atoms with Crippen LogP contribution in [-0.4, -0.2) is 38.5 Å². The Morgan fingerprint density at radius 3 is 2.46 bits per heavy atom. The minimum atomic E-state index is -0.328. The lowest BCUT2D eigenvalue weighted by molar-refractivity contribution is 0.0968. The molecule has 0 bridgehead atoms. The molecule has 7 heteroatoms. The summed E-state index contributed by atoms with van der Waals surface area (Å²) in [5, 5.41) is 5.92. The second-order valence-corrected chi connectivity index (χ2v) is 5.73. The highest BCUT2D eigenvalue weighted by Gasteiger charge is 2.13. The van der Waals surface area contributed by atoms with E-state index in [2.05, 4.69) is 10.6 Å². The molecule has 0 saturated heterocycles. The van der Waals surface area contributed by atoms with E-state index in [0.717, 1.165) is 11.3 Å². The first kappa shape index (κ1) is 19.7. The third-order valence-electron chi connectivity index (χ3n) is 3.52. The SMILES string of the molecule is COCCOc1ccccc1C(=O)NC(=S)NCc1ccc(OC)cc1. The summed E-state index contributed by atoms with van der Waals surface area (Å²) < 4.78 is 15.6. The second kappa shape index (κ2) is 10.4. The summed E-state index contributed by atoms with van der Waals surface area (Å²) in [6.45, 7) is 1.30. The fourth-order valence-electron chi connectivity index (χ4n) is 2.16. The van der Waals surface area contributed by atoms with Gasteiger partial charge in [0.05, 0.1) is 19.3 Å². The summed E-state index contributed by atoms with van der Waals surface area (Å²) >= 11 is 5.20. The molecular weight excluding hydrogens is 352 g/mol. The van der Waals surface area contributed by atoms with Crippen molar-refractivity contribution in [3.63, 3.8) is 0 Å². The molecule has 0 aliphatic carbocycles. The molecule has 0 spiro atoms. The molecule has 2 aromatic carbocycles. The van der Waals surface area contributed by atoms with Crippen molar-refractivity contribution in [2.24, 2.45) is 0 Å². The molecule has 1 amide bonds. The van der Waals surface area contributed by atoms with Crippen LogP contribution in [0, 0.1) is 0 Å². The van der Waals surface area contributed by atoms with Gasteiger partial charge in [0.2, 0.25) is 0 Å². The van der Waals surface area contributed by atoms with E-state index < -0.39 is 0 Å². The Hall–Kier alpha value is -2.64. The average molecular weight is 374 g/mol. The van der Waals surface area contributed by atoms with Crippen LogP contribution >= 0.6 is 12.2 Å². The Morgan fingerprint density at radius 2 is 1.77 bits per heavy atom. The number of hydrogen-bond acceptors (Lipinski definition) is 5. The van der Waals surface area contributed by atoms with Crippen LogP contribution in [0.5, 0.6) is 11.5 Å². The molecule has 0 unspecified atom stereocenters. The van der Waals surface area contributed by atoms with E-state index in [0.29, 0.717) is 31.1 Å². The van der Waals surface area contributed by atoms with Gasteiger partial charge in [0, 0.05) is 13.7 Å². The zero-order chi connectivity index (χ0) is 18.8. The van der Waals surface area contributed by atoms with Crippen molar-refractivity contribution in [3.8, 4) is 11.5 Å². The number of benzene rings is 2. The van der Waals surface area contributed by atoms with Crippen molar-refractivity contribution < 1.29 is 19.0 Å². The topological polar surface area (TPSA) is 68.8 Å². The highest BCUT2D eigenvalue weighted by molar-refractivity contribution is 7.80. The zero-order valence-electron chi connectivity index (χ0n) is 14.8. The maximum Gasteiger partial charge on any atom is 0.261 e. The molecule has 0 fully saturated rings. The molecule has 2 aromatic rings. The van der Waals surface area contributed by atoms with Gasteiger partial charge in [0.1, 0.15) is 18.1 Å². The monoisotopic (exact) mass is 374 g/mol. The molecule has 26 heavy (non-hydrogen) atoms. The quantitative estimate of drug-likeness (QED) is 0.547. The van der Waals surface area contributed by atoms with Crippen LogP contribution in [0.4, 0.5) is 0 Å². The number of thiocarbonyl (C=S) groups is 1. The van der Waals surface area contributed by atoms with Gasteiger partial charge in [-0.15, -0.1) is 0 Å². The van der Waals surface area contributed by atoms with Crippen LogP contribution in [0.25, 0.3) is 0 Å². The molecule has 0 radical (unpaired) electrons. The van der Waals surface area contributed by atoms with Crippen LogP contribution in [0.1, 0.15) is 15.9 Å². The van der Waals surface area contributed by atoms with Gasteiger partial charge < -0.3 is 19.5 Å². The maximum atomic E-state index is 12.4. The van der Waals surface area contributed by atoms with Crippen LogP contribution in [0.15, 0.2) is 48.5 Å². The summed E-state index contributed by atoms with van der Waals surface area (Å²) in [6.07, 6.45) is 0. The molecular formula is C19H22N2O4S. The number of carbonyl (C=O) groups is 1. The average Bonchev–Trinajstić information content (AvgIpc) is 2.67. The minimum Gasteiger partial charge on any atom is -0.497 e. The number of hydrogen-bond donors (Lipinski definition) is 2. The third-order valence-corrected chi connectivity index (χ3v) is 3.76. The summed E-state index contributed by atoms with van der Waals surface area (Å²) in [7, 11) is 3.21. The van der Waals surface area contributed by atoms with E-state index in [-0.39, 0.29) is 11.0 Å². The molecule has 0 heterocycles. The molecule has 0 aliphatic rings. The number of para-hydroxylation sites is 1.